The van der Waals surface area contributed by atoms with Crippen LogP contribution in [0.4, 0.5) is 0 Å². The number of hydrogen-bond donors (Lipinski definition) is 6. The molecular weight excluding hydrogens is 472 g/mol. The van der Waals surface area contributed by atoms with Crippen LogP contribution in [0.3, 0.4) is 0 Å². The number of aromatic amines is 2. The van der Waals surface area contributed by atoms with Gasteiger partial charge in [-0.05, 0) is 23.3 Å². The molecule has 0 amide bonds. The van der Waals surface area contributed by atoms with Gasteiger partial charge in [-0.2, -0.15) is 0 Å². The fourth-order valence-corrected chi connectivity index (χ4v) is 3.67. The summed E-state index contributed by atoms with van der Waals surface area (Å²) in [5.74, 6) is -6.93. The van der Waals surface area contributed by atoms with Crippen molar-refractivity contribution in [1.29, 1.82) is 0 Å². The first-order valence-electron chi connectivity index (χ1n) is 10.6. The molecule has 0 saturated carbocycles. The van der Waals surface area contributed by atoms with Crippen molar-refractivity contribution in [1.82, 2.24) is 9.97 Å². The number of para-hydroxylation sites is 2. The van der Waals surface area contributed by atoms with Crippen molar-refractivity contribution in [2.75, 3.05) is 0 Å². The standard InChI is InChI=1S/C14H13NO6.C11H9NO3/c16-11(12(17)18)6-14(21,13(19)20)5-8-7-15-10-4-2-1-3-9(8)10;13-10(11(14)15)5-7-6-12-9-4-2-1-3-8(7)9/h1-4,7,15,21H,5-6H2,(H,17,18)(H,19,20);1-4,6,12H,5H2,(H,14,15). The van der Waals surface area contributed by atoms with E-state index in [0.717, 1.165) is 22.0 Å². The number of carboxylic acids is 3. The van der Waals surface area contributed by atoms with Gasteiger partial charge >= 0.3 is 17.9 Å². The van der Waals surface area contributed by atoms with Crippen LogP contribution in [0.1, 0.15) is 17.5 Å². The van der Waals surface area contributed by atoms with Crippen LogP contribution >= 0.6 is 0 Å². The Morgan fingerprint density at radius 2 is 1.17 bits per heavy atom. The largest absolute Gasteiger partial charge is 0.479 e. The van der Waals surface area contributed by atoms with Crippen LogP contribution in [0.25, 0.3) is 21.8 Å². The molecule has 0 fully saturated rings. The monoisotopic (exact) mass is 494 g/mol. The normalized spacial score (nSPS) is 12.4. The molecule has 0 radical (unpaired) electrons. The highest BCUT2D eigenvalue weighted by molar-refractivity contribution is 6.33. The summed E-state index contributed by atoms with van der Waals surface area (Å²) in [6.45, 7) is 0. The minimum Gasteiger partial charge on any atom is -0.479 e. The molecule has 0 aliphatic heterocycles. The van der Waals surface area contributed by atoms with Crippen LogP contribution in [-0.4, -0.2) is 65.5 Å². The number of hydrogen-bond acceptors (Lipinski definition) is 6. The minimum atomic E-state index is -2.46. The number of benzene rings is 2. The van der Waals surface area contributed by atoms with Crippen LogP contribution in [0, 0.1) is 0 Å². The van der Waals surface area contributed by atoms with Gasteiger partial charge in [0.05, 0.1) is 6.42 Å². The smallest absolute Gasteiger partial charge is 0.372 e. The van der Waals surface area contributed by atoms with Gasteiger partial charge in [0.25, 0.3) is 0 Å². The maximum absolute atomic E-state index is 11.2. The zero-order chi connectivity index (χ0) is 26.5. The lowest BCUT2D eigenvalue weighted by Gasteiger charge is -2.21. The van der Waals surface area contributed by atoms with Crippen LogP contribution in [0.2, 0.25) is 0 Å². The zero-order valence-electron chi connectivity index (χ0n) is 18.7. The summed E-state index contributed by atoms with van der Waals surface area (Å²) < 4.78 is 0. The predicted molar refractivity (Wildman–Crippen MR) is 126 cm³/mol. The Bertz CT molecular complexity index is 1470. The highest BCUT2D eigenvalue weighted by atomic mass is 16.4. The van der Waals surface area contributed by atoms with Crippen molar-refractivity contribution in [3.63, 3.8) is 0 Å². The number of carbonyl (C=O) groups excluding carboxylic acids is 2. The first kappa shape index (κ1) is 25.8. The predicted octanol–water partition coefficient (Wildman–Crippen LogP) is 1.93. The van der Waals surface area contributed by atoms with Crippen LogP contribution in [-0.2, 0) is 36.8 Å². The minimum absolute atomic E-state index is 0.0701. The Balaban J connectivity index is 0.000000212. The number of aromatic nitrogens is 2. The summed E-state index contributed by atoms with van der Waals surface area (Å²) in [7, 11) is 0. The highest BCUT2D eigenvalue weighted by Gasteiger charge is 2.40. The van der Waals surface area contributed by atoms with Crippen LogP contribution in [0.15, 0.2) is 60.9 Å². The van der Waals surface area contributed by atoms with Crippen molar-refractivity contribution in [2.45, 2.75) is 24.9 Å². The SMILES string of the molecule is O=C(O)C(=O)CC(O)(Cc1c[nH]c2ccccc12)C(=O)O.O=C(O)C(=O)Cc1c[nH]c2ccccc12. The fourth-order valence-electron chi connectivity index (χ4n) is 3.67. The molecule has 1 unspecified atom stereocenters. The van der Waals surface area contributed by atoms with Crippen molar-refractivity contribution < 1.29 is 44.4 Å². The second kappa shape index (κ2) is 10.7. The number of nitrogens with one attached hydrogen (secondary N) is 2. The van der Waals surface area contributed by atoms with E-state index in [0.29, 0.717) is 10.9 Å². The van der Waals surface area contributed by atoms with Crippen molar-refractivity contribution in [2.24, 2.45) is 0 Å². The molecule has 4 rings (SSSR count). The van der Waals surface area contributed by atoms with E-state index in [2.05, 4.69) is 9.97 Å². The third-order valence-corrected chi connectivity index (χ3v) is 5.51. The molecular formula is C25H22N2O9. The number of carbonyl (C=O) groups is 5. The molecule has 4 aromatic rings. The molecule has 36 heavy (non-hydrogen) atoms. The van der Waals surface area contributed by atoms with E-state index in [1.54, 1.807) is 30.5 Å². The molecule has 2 aromatic carbocycles. The summed E-state index contributed by atoms with van der Waals surface area (Å²) in [4.78, 5) is 60.4. The molecule has 2 aromatic heterocycles. The summed E-state index contributed by atoms with van der Waals surface area (Å²) in [5.41, 5.74) is 0.419. The number of carboxylic acid groups (broad SMARTS) is 3. The topological polar surface area (TPSA) is 198 Å². The summed E-state index contributed by atoms with van der Waals surface area (Å²) in [5, 5.41) is 37.9. The van der Waals surface area contributed by atoms with Crippen molar-refractivity contribution in [3.05, 3.63) is 72.1 Å². The third kappa shape index (κ3) is 5.83. The third-order valence-electron chi connectivity index (χ3n) is 5.51. The Morgan fingerprint density at radius 3 is 1.67 bits per heavy atom. The van der Waals surface area contributed by atoms with Gasteiger partial charge in [-0.3, -0.25) is 9.59 Å². The number of H-pyrrole nitrogens is 2. The maximum atomic E-state index is 11.2. The molecule has 0 saturated heterocycles. The van der Waals surface area contributed by atoms with Crippen LogP contribution in [0.5, 0.6) is 0 Å². The molecule has 0 aliphatic rings. The number of aliphatic hydroxyl groups is 1. The average molecular weight is 494 g/mol. The highest BCUT2D eigenvalue weighted by Crippen LogP contribution is 2.25. The number of aliphatic carboxylic acids is 3. The molecule has 0 bridgehead atoms. The first-order chi connectivity index (χ1) is 17.0. The van der Waals surface area contributed by atoms with Gasteiger partial charge in [0.1, 0.15) is 0 Å². The zero-order valence-corrected chi connectivity index (χ0v) is 18.7. The van der Waals surface area contributed by atoms with E-state index < -0.39 is 41.5 Å². The quantitative estimate of drug-likeness (QED) is 0.188. The average Bonchev–Trinajstić information content (AvgIpc) is 3.43. The van der Waals surface area contributed by atoms with Gasteiger partial charge in [0.15, 0.2) is 5.60 Å². The van der Waals surface area contributed by atoms with E-state index in [9.17, 15) is 29.1 Å². The second-order valence-corrected chi connectivity index (χ2v) is 8.04. The van der Waals surface area contributed by atoms with Gasteiger partial charge < -0.3 is 30.4 Å². The molecule has 6 N–H and O–H groups in total. The molecule has 1 atom stereocenters. The summed E-state index contributed by atoms with van der Waals surface area (Å²) >= 11 is 0. The van der Waals surface area contributed by atoms with E-state index in [1.165, 1.54) is 6.20 Å². The number of rotatable bonds is 9. The molecule has 2 heterocycles. The fraction of sp³-hybridized carbons (Fsp3) is 0.160. The van der Waals surface area contributed by atoms with Gasteiger partial charge in [-0.15, -0.1) is 0 Å². The summed E-state index contributed by atoms with van der Waals surface area (Å²) in [6, 6.07) is 14.5. The van der Waals surface area contributed by atoms with E-state index >= 15 is 0 Å². The molecule has 11 nitrogen and oxygen atoms in total. The lowest BCUT2D eigenvalue weighted by Crippen LogP contribution is -2.44. The van der Waals surface area contributed by atoms with Crippen molar-refractivity contribution >= 4 is 51.3 Å². The van der Waals surface area contributed by atoms with E-state index in [1.807, 2.05) is 24.3 Å². The van der Waals surface area contributed by atoms with E-state index in [-0.39, 0.29) is 12.8 Å². The molecule has 11 heteroatoms. The lowest BCUT2D eigenvalue weighted by atomic mass is 9.89. The Hall–Kier alpha value is -4.77. The number of ketones is 2. The molecule has 0 spiro atoms. The first-order valence-corrected chi connectivity index (χ1v) is 10.6. The number of fused-ring (bicyclic) bond motifs is 2. The lowest BCUT2D eigenvalue weighted by molar-refractivity contribution is -0.163. The van der Waals surface area contributed by atoms with E-state index in [4.69, 9.17) is 15.3 Å². The van der Waals surface area contributed by atoms with Crippen molar-refractivity contribution in [3.8, 4) is 0 Å². The summed E-state index contributed by atoms with van der Waals surface area (Å²) in [6.07, 6.45) is 1.78. The Labute approximate surface area is 203 Å². The van der Waals surface area contributed by atoms with Gasteiger partial charge in [-0.1, -0.05) is 36.4 Å². The molecule has 186 valence electrons. The number of Topliss-reactive ketones (excluding diaryl/α,β-unsaturated/α-hetero) is 2. The van der Waals surface area contributed by atoms with Gasteiger partial charge in [-0.25, -0.2) is 14.4 Å². The Kier molecular flexibility index (Phi) is 7.65. The maximum Gasteiger partial charge on any atom is 0.372 e. The second-order valence-electron chi connectivity index (χ2n) is 8.04. The Morgan fingerprint density at radius 1 is 0.694 bits per heavy atom. The van der Waals surface area contributed by atoms with Gasteiger partial charge in [0, 0.05) is 47.0 Å². The molecule has 0 aliphatic carbocycles. The van der Waals surface area contributed by atoms with Gasteiger partial charge in [0.2, 0.25) is 11.6 Å². The van der Waals surface area contributed by atoms with Crippen LogP contribution < -0.4 is 0 Å².